The number of amides is 2. The van der Waals surface area contributed by atoms with Crippen LogP contribution >= 0.6 is 11.3 Å². The number of ketones is 1. The van der Waals surface area contributed by atoms with E-state index in [9.17, 15) is 19.2 Å². The second-order valence-corrected chi connectivity index (χ2v) is 8.14. The van der Waals surface area contributed by atoms with E-state index in [0.717, 1.165) is 11.3 Å². The lowest BCUT2D eigenvalue weighted by Crippen LogP contribution is -2.21. The third kappa shape index (κ3) is 5.68. The van der Waals surface area contributed by atoms with E-state index in [1.54, 1.807) is 62.4 Å². The van der Waals surface area contributed by atoms with Crippen LogP contribution < -0.4 is 15.4 Å². The van der Waals surface area contributed by atoms with E-state index < -0.39 is 11.9 Å². The number of rotatable bonds is 9. The number of hydrogen-bond acceptors (Lipinski definition) is 7. The Balaban J connectivity index is 1.67. The molecule has 2 aromatic carbocycles. The first-order valence-electron chi connectivity index (χ1n) is 10.5. The van der Waals surface area contributed by atoms with Crippen molar-refractivity contribution < 1.29 is 28.7 Å². The Bertz CT molecular complexity index is 1200. The van der Waals surface area contributed by atoms with Crippen LogP contribution in [0.25, 0.3) is 0 Å². The maximum absolute atomic E-state index is 12.5. The summed E-state index contributed by atoms with van der Waals surface area (Å²) in [6.45, 7) is 3.12. The Morgan fingerprint density at radius 1 is 0.941 bits per heavy atom. The first-order chi connectivity index (χ1) is 16.3. The molecule has 0 saturated carbocycles. The van der Waals surface area contributed by atoms with Crippen molar-refractivity contribution >= 4 is 39.9 Å². The lowest BCUT2D eigenvalue weighted by Gasteiger charge is -2.09. The summed E-state index contributed by atoms with van der Waals surface area (Å²) in [6, 6.07) is 15.4. The Labute approximate surface area is 200 Å². The van der Waals surface area contributed by atoms with Crippen molar-refractivity contribution in [3.8, 4) is 5.75 Å². The first kappa shape index (κ1) is 24.7. The number of esters is 1. The summed E-state index contributed by atoms with van der Waals surface area (Å²) >= 11 is 0.988. The molecule has 1 heterocycles. The Kier molecular flexibility index (Phi) is 8.15. The third-order valence-corrected chi connectivity index (χ3v) is 6.04. The highest BCUT2D eigenvalue weighted by Crippen LogP contribution is 2.33. The lowest BCUT2D eigenvalue weighted by atomic mass is 10.0. The molecule has 176 valence electrons. The van der Waals surface area contributed by atoms with E-state index in [1.165, 1.54) is 7.05 Å². The summed E-state index contributed by atoms with van der Waals surface area (Å²) in [7, 11) is 1.48. The minimum Gasteiger partial charge on any atom is -0.484 e. The van der Waals surface area contributed by atoms with Crippen LogP contribution in [0, 0.1) is 6.92 Å². The topological polar surface area (TPSA) is 111 Å². The van der Waals surface area contributed by atoms with Crippen LogP contribution in [0.15, 0.2) is 54.6 Å². The van der Waals surface area contributed by atoms with Gasteiger partial charge in [0.05, 0.1) is 17.0 Å². The molecule has 34 heavy (non-hydrogen) atoms. The molecule has 0 radical (unpaired) electrons. The van der Waals surface area contributed by atoms with Gasteiger partial charge in [0.2, 0.25) is 0 Å². The van der Waals surface area contributed by atoms with Crippen LogP contribution in [0.5, 0.6) is 5.75 Å². The number of hydrogen-bond donors (Lipinski definition) is 2. The van der Waals surface area contributed by atoms with E-state index in [4.69, 9.17) is 9.47 Å². The maximum atomic E-state index is 12.5. The molecule has 0 saturated heterocycles. The van der Waals surface area contributed by atoms with Crippen LogP contribution in [0.1, 0.15) is 48.4 Å². The summed E-state index contributed by atoms with van der Waals surface area (Å²) < 4.78 is 10.6. The van der Waals surface area contributed by atoms with E-state index >= 15 is 0 Å². The van der Waals surface area contributed by atoms with Crippen molar-refractivity contribution in [2.75, 3.05) is 25.6 Å². The van der Waals surface area contributed by atoms with E-state index in [-0.39, 0.29) is 35.5 Å². The molecule has 0 fully saturated rings. The minimum absolute atomic E-state index is 0.114. The standard InChI is InChI=1S/C25H24N2O6S/c1-4-32-25(31)20-15(2)22(23(30)26-3)34-24(20)27-19(28)14-33-18-12-10-17(11-13-18)21(29)16-8-6-5-7-9-16/h5-13H,4,14H2,1-3H3,(H,26,30)(H,27,28). The van der Waals surface area contributed by atoms with Gasteiger partial charge < -0.3 is 20.1 Å². The highest BCUT2D eigenvalue weighted by atomic mass is 32.1. The van der Waals surface area contributed by atoms with Gasteiger partial charge in [-0.1, -0.05) is 30.3 Å². The fourth-order valence-corrected chi connectivity index (χ4v) is 4.31. The largest absolute Gasteiger partial charge is 0.484 e. The van der Waals surface area contributed by atoms with Gasteiger partial charge in [0.15, 0.2) is 12.4 Å². The van der Waals surface area contributed by atoms with Crippen molar-refractivity contribution in [2.45, 2.75) is 13.8 Å². The number of benzene rings is 2. The average molecular weight is 481 g/mol. The molecule has 3 rings (SSSR count). The molecule has 0 aliphatic heterocycles. The van der Waals surface area contributed by atoms with Gasteiger partial charge in [0.1, 0.15) is 10.8 Å². The number of carbonyl (C=O) groups is 4. The van der Waals surface area contributed by atoms with Crippen LogP contribution in [0.3, 0.4) is 0 Å². The number of thiophene rings is 1. The average Bonchev–Trinajstić information content (AvgIpc) is 3.18. The predicted octanol–water partition coefficient (Wildman–Crippen LogP) is 3.84. The van der Waals surface area contributed by atoms with Crippen LogP contribution in [-0.4, -0.2) is 43.8 Å². The van der Waals surface area contributed by atoms with Crippen molar-refractivity contribution in [2.24, 2.45) is 0 Å². The molecule has 2 amide bonds. The molecule has 9 heteroatoms. The maximum Gasteiger partial charge on any atom is 0.341 e. The molecule has 0 spiro atoms. The predicted molar refractivity (Wildman–Crippen MR) is 129 cm³/mol. The fourth-order valence-electron chi connectivity index (χ4n) is 3.15. The third-order valence-electron chi connectivity index (χ3n) is 4.83. The quantitative estimate of drug-likeness (QED) is 0.356. The summed E-state index contributed by atoms with van der Waals surface area (Å²) in [5.74, 6) is -1.22. The van der Waals surface area contributed by atoms with Gasteiger partial charge in [-0.15, -0.1) is 11.3 Å². The number of ether oxygens (including phenoxy) is 2. The van der Waals surface area contributed by atoms with Gasteiger partial charge in [-0.25, -0.2) is 4.79 Å². The van der Waals surface area contributed by atoms with Gasteiger partial charge in [0.25, 0.3) is 11.8 Å². The van der Waals surface area contributed by atoms with Crippen LogP contribution in [0.4, 0.5) is 5.00 Å². The highest BCUT2D eigenvalue weighted by Gasteiger charge is 2.26. The highest BCUT2D eigenvalue weighted by molar-refractivity contribution is 7.18. The second-order valence-electron chi connectivity index (χ2n) is 7.12. The van der Waals surface area contributed by atoms with Crippen LogP contribution in [-0.2, 0) is 9.53 Å². The molecular formula is C25H24N2O6S. The first-order valence-corrected chi connectivity index (χ1v) is 11.3. The van der Waals surface area contributed by atoms with E-state index in [2.05, 4.69) is 10.6 Å². The summed E-state index contributed by atoms with van der Waals surface area (Å²) in [5, 5.41) is 5.36. The molecule has 0 bridgehead atoms. The zero-order valence-corrected chi connectivity index (χ0v) is 19.8. The van der Waals surface area contributed by atoms with Gasteiger partial charge in [0, 0.05) is 18.2 Å². The zero-order valence-electron chi connectivity index (χ0n) is 19.0. The normalized spacial score (nSPS) is 10.3. The van der Waals surface area contributed by atoms with Gasteiger partial charge in [-0.05, 0) is 43.7 Å². The van der Waals surface area contributed by atoms with E-state index in [1.807, 2.05) is 6.07 Å². The fraction of sp³-hybridized carbons (Fsp3) is 0.200. The number of nitrogens with one attached hydrogen (secondary N) is 2. The number of anilines is 1. The van der Waals surface area contributed by atoms with Crippen molar-refractivity contribution in [3.05, 3.63) is 81.7 Å². The Morgan fingerprint density at radius 2 is 1.59 bits per heavy atom. The molecule has 0 aliphatic carbocycles. The smallest absolute Gasteiger partial charge is 0.341 e. The van der Waals surface area contributed by atoms with Crippen molar-refractivity contribution in [1.82, 2.24) is 5.32 Å². The van der Waals surface area contributed by atoms with Crippen molar-refractivity contribution in [3.63, 3.8) is 0 Å². The van der Waals surface area contributed by atoms with Crippen molar-refractivity contribution in [1.29, 1.82) is 0 Å². The minimum atomic E-state index is -0.624. The molecule has 2 N–H and O–H groups in total. The summed E-state index contributed by atoms with van der Waals surface area (Å²) in [6.07, 6.45) is 0. The van der Waals surface area contributed by atoms with E-state index in [0.29, 0.717) is 27.3 Å². The molecule has 3 aromatic rings. The lowest BCUT2D eigenvalue weighted by molar-refractivity contribution is -0.118. The molecule has 0 unspecified atom stereocenters. The summed E-state index contributed by atoms with van der Waals surface area (Å²) in [5.41, 5.74) is 1.65. The van der Waals surface area contributed by atoms with Gasteiger partial charge in [-0.2, -0.15) is 0 Å². The summed E-state index contributed by atoms with van der Waals surface area (Å²) in [4.78, 5) is 49.8. The molecular weight excluding hydrogens is 456 g/mol. The van der Waals surface area contributed by atoms with Gasteiger partial charge in [-0.3, -0.25) is 14.4 Å². The Morgan fingerprint density at radius 3 is 2.21 bits per heavy atom. The zero-order chi connectivity index (χ0) is 24.7. The molecule has 1 aromatic heterocycles. The SMILES string of the molecule is CCOC(=O)c1c(NC(=O)COc2ccc(C(=O)c3ccccc3)cc2)sc(C(=O)NC)c1C. The van der Waals surface area contributed by atoms with Gasteiger partial charge >= 0.3 is 5.97 Å². The molecule has 0 aliphatic rings. The monoisotopic (exact) mass is 480 g/mol. The molecule has 0 atom stereocenters. The Hall–Kier alpha value is -3.98. The molecule has 8 nitrogen and oxygen atoms in total. The second kappa shape index (κ2) is 11.2. The van der Waals surface area contributed by atoms with Crippen LogP contribution in [0.2, 0.25) is 0 Å². The number of carbonyl (C=O) groups excluding carboxylic acids is 4.